The van der Waals surface area contributed by atoms with E-state index < -0.39 is 6.04 Å². The molecule has 1 unspecified atom stereocenters. The van der Waals surface area contributed by atoms with Crippen molar-refractivity contribution < 1.29 is 13.9 Å². The first-order valence-corrected chi connectivity index (χ1v) is 12.3. The van der Waals surface area contributed by atoms with Gasteiger partial charge in [-0.2, -0.15) is 0 Å². The summed E-state index contributed by atoms with van der Waals surface area (Å²) in [6.07, 6.45) is 0. The van der Waals surface area contributed by atoms with Crippen molar-refractivity contribution in [1.29, 1.82) is 0 Å². The number of hydrogen-bond acceptors (Lipinski definition) is 5. The van der Waals surface area contributed by atoms with Crippen molar-refractivity contribution in [1.82, 2.24) is 9.80 Å². The lowest BCUT2D eigenvalue weighted by molar-refractivity contribution is 0.0708. The Morgan fingerprint density at radius 2 is 1.74 bits per heavy atom. The van der Waals surface area contributed by atoms with Crippen LogP contribution in [0.3, 0.4) is 0 Å². The summed E-state index contributed by atoms with van der Waals surface area (Å²) in [6, 6.07) is 13.0. The predicted molar refractivity (Wildman–Crippen MR) is 135 cm³/mol. The van der Waals surface area contributed by atoms with Crippen LogP contribution in [0.1, 0.15) is 73.8 Å². The lowest BCUT2D eigenvalue weighted by Gasteiger charge is -2.28. The summed E-state index contributed by atoms with van der Waals surface area (Å²) >= 11 is 0. The molecule has 0 N–H and O–H groups in total. The highest BCUT2D eigenvalue weighted by molar-refractivity contribution is 5.99. The van der Waals surface area contributed by atoms with Gasteiger partial charge in [-0.15, -0.1) is 0 Å². The molecule has 3 aromatic rings. The van der Waals surface area contributed by atoms with Crippen LogP contribution >= 0.6 is 0 Å². The zero-order valence-electron chi connectivity index (χ0n) is 20.8. The highest BCUT2D eigenvalue weighted by Gasteiger charge is 2.42. The van der Waals surface area contributed by atoms with E-state index in [9.17, 15) is 9.59 Å². The van der Waals surface area contributed by atoms with Gasteiger partial charge in [0.15, 0.2) is 5.43 Å². The minimum atomic E-state index is -0.466. The van der Waals surface area contributed by atoms with E-state index in [-0.39, 0.29) is 17.1 Å². The minimum absolute atomic E-state index is 0.142. The van der Waals surface area contributed by atoms with E-state index >= 15 is 0 Å². The summed E-state index contributed by atoms with van der Waals surface area (Å²) in [5.74, 6) is 0.922. The lowest BCUT2D eigenvalue weighted by Crippen LogP contribution is -2.37. The van der Waals surface area contributed by atoms with Crippen LogP contribution in [0.25, 0.3) is 11.0 Å². The highest BCUT2D eigenvalue weighted by atomic mass is 16.5. The maximum absolute atomic E-state index is 13.7. The summed E-state index contributed by atoms with van der Waals surface area (Å²) in [5, 5.41) is 0.462. The van der Waals surface area contributed by atoms with Crippen LogP contribution in [-0.2, 0) is 0 Å². The van der Waals surface area contributed by atoms with Crippen molar-refractivity contribution in [2.24, 2.45) is 0 Å². The number of amides is 1. The van der Waals surface area contributed by atoms with Gasteiger partial charge in [0.1, 0.15) is 11.3 Å². The molecule has 0 radical (unpaired) electrons. The molecule has 180 valence electrons. The van der Waals surface area contributed by atoms with E-state index in [0.29, 0.717) is 41.4 Å². The molecule has 0 bridgehead atoms. The highest BCUT2D eigenvalue weighted by Crippen LogP contribution is 2.38. The fourth-order valence-electron chi connectivity index (χ4n) is 4.68. The van der Waals surface area contributed by atoms with Gasteiger partial charge < -0.3 is 19.0 Å². The second kappa shape index (κ2) is 10.0. The van der Waals surface area contributed by atoms with Crippen LogP contribution in [0.5, 0.6) is 5.75 Å². The lowest BCUT2D eigenvalue weighted by atomic mass is 9.95. The molecule has 1 aliphatic heterocycles. The number of carbonyl (C=O) groups excluding carboxylic acids is 1. The standard InChI is InChI=1S/C28H34N2O4/c1-6-29(7-2)15-16-30-25(20-11-9-19(10-12-20)18(4)5)24-26(31)22-14-13-21(33-8-3)17-23(22)34-27(24)28(30)32/h9-14,17-18,25H,6-8,15-16H2,1-5H3. The van der Waals surface area contributed by atoms with Crippen molar-refractivity contribution >= 4 is 16.9 Å². The number of ether oxygens (including phenoxy) is 1. The second-order valence-corrected chi connectivity index (χ2v) is 9.01. The van der Waals surface area contributed by atoms with Gasteiger partial charge in [0.05, 0.1) is 23.6 Å². The Balaban J connectivity index is 1.84. The molecule has 6 heteroatoms. The van der Waals surface area contributed by atoms with E-state index in [0.717, 1.165) is 25.2 Å². The van der Waals surface area contributed by atoms with Crippen LogP contribution in [0.2, 0.25) is 0 Å². The molecule has 0 saturated carbocycles. The Labute approximate surface area is 201 Å². The molecular weight excluding hydrogens is 428 g/mol. The average Bonchev–Trinajstić information content (AvgIpc) is 3.12. The smallest absolute Gasteiger partial charge is 0.290 e. The summed E-state index contributed by atoms with van der Waals surface area (Å²) in [7, 11) is 0. The van der Waals surface area contributed by atoms with Gasteiger partial charge in [-0.3, -0.25) is 9.59 Å². The van der Waals surface area contributed by atoms with Gasteiger partial charge in [-0.1, -0.05) is 52.0 Å². The molecule has 1 amide bonds. The fourth-order valence-corrected chi connectivity index (χ4v) is 4.68. The molecule has 34 heavy (non-hydrogen) atoms. The van der Waals surface area contributed by atoms with E-state index in [1.54, 1.807) is 23.1 Å². The molecule has 1 aromatic heterocycles. The van der Waals surface area contributed by atoms with Crippen LogP contribution in [-0.4, -0.2) is 48.5 Å². The molecular formula is C28H34N2O4. The van der Waals surface area contributed by atoms with Crippen molar-refractivity contribution in [3.8, 4) is 5.75 Å². The van der Waals surface area contributed by atoms with Gasteiger partial charge >= 0.3 is 0 Å². The zero-order valence-corrected chi connectivity index (χ0v) is 20.8. The van der Waals surface area contributed by atoms with Crippen molar-refractivity contribution in [3.05, 3.63) is 75.1 Å². The maximum Gasteiger partial charge on any atom is 0.290 e. The number of benzene rings is 2. The first-order valence-electron chi connectivity index (χ1n) is 12.3. The van der Waals surface area contributed by atoms with Gasteiger partial charge in [0, 0.05) is 19.2 Å². The normalized spacial score (nSPS) is 15.6. The number of nitrogens with zero attached hydrogens (tertiary/aromatic N) is 2. The Bertz CT molecular complexity index is 1230. The monoisotopic (exact) mass is 462 g/mol. The molecule has 0 fully saturated rings. The van der Waals surface area contributed by atoms with Crippen LogP contribution in [0, 0.1) is 0 Å². The van der Waals surface area contributed by atoms with Gasteiger partial charge in [-0.05, 0) is 49.2 Å². The number of rotatable bonds is 9. The topological polar surface area (TPSA) is 63.0 Å². The molecule has 2 aromatic carbocycles. The predicted octanol–water partition coefficient (Wildman–Crippen LogP) is 5.20. The third-order valence-electron chi connectivity index (χ3n) is 6.72. The number of hydrogen-bond donors (Lipinski definition) is 0. The van der Waals surface area contributed by atoms with E-state index in [1.165, 1.54) is 5.56 Å². The molecule has 0 aliphatic carbocycles. The molecule has 0 saturated heterocycles. The summed E-state index contributed by atoms with van der Waals surface area (Å²) < 4.78 is 11.7. The summed E-state index contributed by atoms with van der Waals surface area (Å²) in [5.41, 5.74) is 2.79. The van der Waals surface area contributed by atoms with E-state index in [2.05, 4.69) is 44.7 Å². The molecule has 4 rings (SSSR count). The van der Waals surface area contributed by atoms with Gasteiger partial charge in [0.2, 0.25) is 5.76 Å². The Morgan fingerprint density at radius 3 is 2.35 bits per heavy atom. The Morgan fingerprint density at radius 1 is 1.03 bits per heavy atom. The molecule has 6 nitrogen and oxygen atoms in total. The number of fused-ring (bicyclic) bond motifs is 2. The van der Waals surface area contributed by atoms with E-state index in [4.69, 9.17) is 9.15 Å². The summed E-state index contributed by atoms with van der Waals surface area (Å²) in [6.45, 7) is 14.0. The Hall–Kier alpha value is -3.12. The summed E-state index contributed by atoms with van der Waals surface area (Å²) in [4.78, 5) is 31.4. The molecule has 0 spiro atoms. The minimum Gasteiger partial charge on any atom is -0.494 e. The van der Waals surface area contributed by atoms with Crippen molar-refractivity contribution in [2.75, 3.05) is 32.8 Å². The number of carbonyl (C=O) groups is 1. The zero-order chi connectivity index (χ0) is 24.4. The van der Waals surface area contributed by atoms with Gasteiger partial charge in [-0.25, -0.2) is 0 Å². The third kappa shape index (κ3) is 4.34. The fraction of sp³-hybridized carbons (Fsp3) is 0.429. The van der Waals surface area contributed by atoms with Crippen LogP contribution in [0.15, 0.2) is 51.7 Å². The Kier molecular flexibility index (Phi) is 7.08. The third-order valence-corrected chi connectivity index (χ3v) is 6.72. The van der Waals surface area contributed by atoms with E-state index in [1.807, 2.05) is 19.1 Å². The maximum atomic E-state index is 13.7. The first-order chi connectivity index (χ1) is 16.4. The second-order valence-electron chi connectivity index (χ2n) is 9.01. The largest absolute Gasteiger partial charge is 0.494 e. The molecule has 2 heterocycles. The molecule has 1 aliphatic rings. The first kappa shape index (κ1) is 24.0. The number of likely N-dealkylation sites (N-methyl/N-ethyl adjacent to an activating group) is 1. The SMILES string of the molecule is CCOc1ccc2c(=O)c3c(oc2c1)C(=O)N(CCN(CC)CC)C3c1ccc(C(C)C)cc1. The van der Waals surface area contributed by atoms with Crippen LogP contribution in [0.4, 0.5) is 0 Å². The van der Waals surface area contributed by atoms with Crippen molar-refractivity contribution in [2.45, 2.75) is 46.6 Å². The van der Waals surface area contributed by atoms with Crippen molar-refractivity contribution in [3.63, 3.8) is 0 Å². The van der Waals surface area contributed by atoms with Gasteiger partial charge in [0.25, 0.3) is 5.91 Å². The van der Waals surface area contributed by atoms with Crippen LogP contribution < -0.4 is 10.2 Å². The quantitative estimate of drug-likeness (QED) is 0.437. The average molecular weight is 463 g/mol. The molecule has 1 atom stereocenters.